The quantitative estimate of drug-likeness (QED) is 0.637. The smallest absolute Gasteiger partial charge is 0.266 e. The molecule has 4 rings (SSSR count). The molecule has 0 N–H and O–H groups in total. The summed E-state index contributed by atoms with van der Waals surface area (Å²) in [6.07, 6.45) is 1.96. The number of methoxy groups -OCH3 is 1. The summed E-state index contributed by atoms with van der Waals surface area (Å²) in [5, 5.41) is 0.751. The topological polar surface area (TPSA) is 55.6 Å². The van der Waals surface area contributed by atoms with Gasteiger partial charge in [0.15, 0.2) is 10.8 Å². The van der Waals surface area contributed by atoms with Gasteiger partial charge in [0, 0.05) is 6.54 Å². The molecule has 1 aliphatic heterocycles. The fourth-order valence-corrected chi connectivity index (χ4v) is 4.57. The van der Waals surface area contributed by atoms with Gasteiger partial charge in [-0.25, -0.2) is 4.98 Å². The standard InChI is InChI=1S/C21H22N2O3S/c1-13-9-10-18(26-13)20-22-14(2)19(27-20)21(24)23-11-5-8-17(23)15-6-4-7-16(12-15)25-3/h4,6-7,9-10,12,17H,5,8,11H2,1-3H3. The van der Waals surface area contributed by atoms with Gasteiger partial charge in [-0.1, -0.05) is 12.1 Å². The summed E-state index contributed by atoms with van der Waals surface area (Å²) in [7, 11) is 1.66. The van der Waals surface area contributed by atoms with Crippen LogP contribution in [0.25, 0.3) is 10.8 Å². The number of rotatable bonds is 4. The van der Waals surface area contributed by atoms with Crippen molar-refractivity contribution < 1.29 is 13.9 Å². The summed E-state index contributed by atoms with van der Waals surface area (Å²) >= 11 is 1.41. The van der Waals surface area contributed by atoms with Gasteiger partial charge < -0.3 is 14.1 Å². The molecule has 1 aliphatic rings. The molecular weight excluding hydrogens is 360 g/mol. The molecule has 3 aromatic rings. The molecule has 1 atom stereocenters. The van der Waals surface area contributed by atoms with E-state index in [1.807, 2.05) is 49.1 Å². The summed E-state index contributed by atoms with van der Waals surface area (Å²) in [6.45, 7) is 4.55. The fraction of sp³-hybridized carbons (Fsp3) is 0.333. The lowest BCUT2D eigenvalue weighted by Crippen LogP contribution is -2.30. The molecule has 6 heteroatoms. The van der Waals surface area contributed by atoms with Crippen LogP contribution in [0, 0.1) is 13.8 Å². The van der Waals surface area contributed by atoms with Gasteiger partial charge >= 0.3 is 0 Å². The van der Waals surface area contributed by atoms with Gasteiger partial charge in [-0.3, -0.25) is 4.79 Å². The Morgan fingerprint density at radius 3 is 2.89 bits per heavy atom. The van der Waals surface area contributed by atoms with Crippen LogP contribution in [0.4, 0.5) is 0 Å². The van der Waals surface area contributed by atoms with Gasteiger partial charge in [-0.15, -0.1) is 11.3 Å². The van der Waals surface area contributed by atoms with Gasteiger partial charge in [-0.05, 0) is 56.5 Å². The van der Waals surface area contributed by atoms with Crippen LogP contribution in [-0.4, -0.2) is 29.4 Å². The molecule has 27 heavy (non-hydrogen) atoms. The highest BCUT2D eigenvalue weighted by Crippen LogP contribution is 2.37. The van der Waals surface area contributed by atoms with Crippen molar-refractivity contribution in [1.82, 2.24) is 9.88 Å². The molecule has 140 valence electrons. The number of hydrogen-bond acceptors (Lipinski definition) is 5. The van der Waals surface area contributed by atoms with Crippen molar-refractivity contribution in [2.75, 3.05) is 13.7 Å². The monoisotopic (exact) mass is 382 g/mol. The second kappa shape index (κ2) is 7.19. The summed E-state index contributed by atoms with van der Waals surface area (Å²) in [5.41, 5.74) is 1.87. The largest absolute Gasteiger partial charge is 0.497 e. The van der Waals surface area contributed by atoms with Crippen LogP contribution < -0.4 is 4.74 Å². The highest BCUT2D eigenvalue weighted by Gasteiger charge is 2.33. The molecule has 0 bridgehead atoms. The van der Waals surface area contributed by atoms with Crippen molar-refractivity contribution in [2.24, 2.45) is 0 Å². The first-order valence-corrected chi connectivity index (χ1v) is 9.87. The Balaban J connectivity index is 1.62. The number of carbonyl (C=O) groups excluding carboxylic acids is 1. The molecule has 2 aromatic heterocycles. The van der Waals surface area contributed by atoms with Crippen molar-refractivity contribution >= 4 is 17.2 Å². The van der Waals surface area contributed by atoms with Crippen molar-refractivity contribution in [1.29, 1.82) is 0 Å². The lowest BCUT2D eigenvalue weighted by Gasteiger charge is -2.25. The summed E-state index contributed by atoms with van der Waals surface area (Å²) in [5.74, 6) is 2.41. The Morgan fingerprint density at radius 2 is 2.15 bits per heavy atom. The minimum atomic E-state index is 0.0462. The van der Waals surface area contributed by atoms with Gasteiger partial charge in [0.1, 0.15) is 16.4 Å². The third-order valence-corrected chi connectivity index (χ3v) is 6.09. The highest BCUT2D eigenvalue weighted by molar-refractivity contribution is 7.17. The Kier molecular flexibility index (Phi) is 4.74. The molecular formula is C21H22N2O3S. The molecule has 1 aromatic carbocycles. The molecule has 3 heterocycles. The van der Waals surface area contributed by atoms with Gasteiger partial charge in [0.2, 0.25) is 0 Å². The van der Waals surface area contributed by atoms with Crippen LogP contribution in [0.1, 0.15) is 45.6 Å². The normalized spacial score (nSPS) is 16.7. The van der Waals surface area contributed by atoms with Crippen LogP contribution in [0.3, 0.4) is 0 Å². The third-order valence-electron chi connectivity index (χ3n) is 4.93. The Bertz CT molecular complexity index is 975. The fourth-order valence-electron chi connectivity index (χ4n) is 3.59. The van der Waals surface area contributed by atoms with Crippen molar-refractivity contribution in [3.63, 3.8) is 0 Å². The average Bonchev–Trinajstić information content (AvgIpc) is 3.40. The minimum absolute atomic E-state index is 0.0462. The number of ether oxygens (including phenoxy) is 1. The van der Waals surface area contributed by atoms with E-state index in [1.165, 1.54) is 11.3 Å². The van der Waals surface area contributed by atoms with Gasteiger partial charge in [0.05, 0.1) is 18.8 Å². The summed E-state index contributed by atoms with van der Waals surface area (Å²) in [4.78, 5) is 20.5. The molecule has 1 amide bonds. The first-order chi connectivity index (χ1) is 13.1. The first kappa shape index (κ1) is 17.8. The second-order valence-electron chi connectivity index (χ2n) is 6.78. The number of amides is 1. The minimum Gasteiger partial charge on any atom is -0.497 e. The number of hydrogen-bond donors (Lipinski definition) is 0. The van der Waals surface area contributed by atoms with Crippen molar-refractivity contribution in [2.45, 2.75) is 32.7 Å². The zero-order valence-corrected chi connectivity index (χ0v) is 16.5. The number of aromatic nitrogens is 1. The number of nitrogens with zero attached hydrogens (tertiary/aromatic N) is 2. The van der Waals surface area contributed by atoms with Crippen molar-refractivity contribution in [3.05, 3.63) is 58.3 Å². The van der Waals surface area contributed by atoms with E-state index in [0.717, 1.165) is 47.2 Å². The van der Waals surface area contributed by atoms with Gasteiger partial charge in [0.25, 0.3) is 5.91 Å². The van der Waals surface area contributed by atoms with E-state index < -0.39 is 0 Å². The summed E-state index contributed by atoms with van der Waals surface area (Å²) in [6, 6.07) is 11.9. The second-order valence-corrected chi connectivity index (χ2v) is 7.78. The predicted molar refractivity (Wildman–Crippen MR) is 105 cm³/mol. The van der Waals surface area contributed by atoms with Gasteiger partial charge in [-0.2, -0.15) is 0 Å². The third kappa shape index (κ3) is 3.37. The SMILES string of the molecule is COc1cccc(C2CCCN2C(=O)c2sc(-c3ccc(C)o3)nc2C)c1. The number of carbonyl (C=O) groups is 1. The number of benzene rings is 1. The molecule has 0 radical (unpaired) electrons. The number of furan rings is 1. The van der Waals surface area contributed by atoms with Crippen LogP contribution in [-0.2, 0) is 0 Å². The first-order valence-electron chi connectivity index (χ1n) is 9.06. The van der Waals surface area contributed by atoms with E-state index in [2.05, 4.69) is 11.1 Å². The Morgan fingerprint density at radius 1 is 1.30 bits per heavy atom. The highest BCUT2D eigenvalue weighted by atomic mass is 32.1. The zero-order chi connectivity index (χ0) is 19.0. The van der Waals surface area contributed by atoms with Crippen LogP contribution in [0.15, 0.2) is 40.8 Å². The van der Waals surface area contributed by atoms with E-state index in [0.29, 0.717) is 10.6 Å². The molecule has 1 unspecified atom stereocenters. The van der Waals surface area contributed by atoms with E-state index in [-0.39, 0.29) is 11.9 Å². The lowest BCUT2D eigenvalue weighted by atomic mass is 10.0. The maximum Gasteiger partial charge on any atom is 0.266 e. The van der Waals surface area contributed by atoms with Crippen molar-refractivity contribution in [3.8, 4) is 16.5 Å². The molecule has 0 aliphatic carbocycles. The van der Waals surface area contributed by atoms with E-state index in [9.17, 15) is 4.79 Å². The number of aryl methyl sites for hydroxylation is 2. The zero-order valence-electron chi connectivity index (χ0n) is 15.7. The molecule has 1 saturated heterocycles. The molecule has 1 fully saturated rings. The molecule has 5 nitrogen and oxygen atoms in total. The number of likely N-dealkylation sites (tertiary alicyclic amines) is 1. The maximum atomic E-state index is 13.3. The number of thiazole rings is 1. The average molecular weight is 382 g/mol. The Labute approximate surface area is 162 Å². The van der Waals surface area contributed by atoms with Crippen LogP contribution in [0.2, 0.25) is 0 Å². The van der Waals surface area contributed by atoms with E-state index in [4.69, 9.17) is 9.15 Å². The van der Waals surface area contributed by atoms with Crippen LogP contribution >= 0.6 is 11.3 Å². The summed E-state index contributed by atoms with van der Waals surface area (Å²) < 4.78 is 11.0. The molecule has 0 spiro atoms. The molecule has 0 saturated carbocycles. The Hall–Kier alpha value is -2.60. The maximum absolute atomic E-state index is 13.3. The van der Waals surface area contributed by atoms with E-state index >= 15 is 0 Å². The predicted octanol–water partition coefficient (Wildman–Crippen LogP) is 5.01. The van der Waals surface area contributed by atoms with E-state index in [1.54, 1.807) is 7.11 Å². The van der Waals surface area contributed by atoms with Crippen LogP contribution in [0.5, 0.6) is 5.75 Å². The lowest BCUT2D eigenvalue weighted by molar-refractivity contribution is 0.0739.